The number of ether oxygens (including phenoxy) is 2. The molecule has 0 aromatic carbocycles. The monoisotopic (exact) mass is 400 g/mol. The summed E-state index contributed by atoms with van der Waals surface area (Å²) in [6.45, 7) is 10.2. The van der Waals surface area contributed by atoms with Crippen molar-refractivity contribution in [2.45, 2.75) is 79.2 Å². The third-order valence-corrected chi connectivity index (χ3v) is 8.54. The zero-order valence-electron chi connectivity index (χ0n) is 18.8. The Bertz CT molecular complexity index is 785. The summed E-state index contributed by atoms with van der Waals surface area (Å²) >= 11 is 0. The van der Waals surface area contributed by atoms with E-state index in [-0.39, 0.29) is 34.6 Å². The molecule has 0 amide bonds. The van der Waals surface area contributed by atoms with Gasteiger partial charge in [0.2, 0.25) is 0 Å². The number of carbonyl (C=O) groups is 2. The van der Waals surface area contributed by atoms with Crippen molar-refractivity contribution in [1.82, 2.24) is 0 Å². The zero-order chi connectivity index (χ0) is 21.2. The van der Waals surface area contributed by atoms with Gasteiger partial charge in [0, 0.05) is 24.2 Å². The van der Waals surface area contributed by atoms with Gasteiger partial charge in [-0.2, -0.15) is 0 Å². The first-order chi connectivity index (χ1) is 13.5. The molecule has 0 saturated heterocycles. The number of fused-ring (bicyclic) bond motifs is 5. The lowest BCUT2D eigenvalue weighted by molar-refractivity contribution is -0.166. The van der Waals surface area contributed by atoms with E-state index in [1.165, 1.54) is 5.57 Å². The highest BCUT2D eigenvalue weighted by Gasteiger charge is 2.62. The SMILES string of the molecule is COC1=CC2=CCC3C(CCC4(C)C(=O)CC(OC(=O)C(C)(C)C)C34)C2(C)CC1. The Kier molecular flexibility index (Phi) is 4.79. The van der Waals surface area contributed by atoms with Gasteiger partial charge in [-0.05, 0) is 75.4 Å². The second-order valence-corrected chi connectivity index (χ2v) is 11.2. The Morgan fingerprint density at radius 3 is 2.55 bits per heavy atom. The Hall–Kier alpha value is -1.58. The highest BCUT2D eigenvalue weighted by molar-refractivity contribution is 5.89. The summed E-state index contributed by atoms with van der Waals surface area (Å²) in [6, 6.07) is 0. The summed E-state index contributed by atoms with van der Waals surface area (Å²) in [5.41, 5.74) is 0.620. The van der Waals surface area contributed by atoms with Gasteiger partial charge < -0.3 is 9.47 Å². The van der Waals surface area contributed by atoms with Crippen LogP contribution in [-0.4, -0.2) is 25.0 Å². The van der Waals surface area contributed by atoms with Gasteiger partial charge in [0.25, 0.3) is 0 Å². The minimum atomic E-state index is -0.549. The standard InChI is InChI=1S/C25H36O4/c1-23(2,3)22(27)29-19-14-20(26)25(5)12-10-18-17(21(19)25)8-7-15-13-16(28-6)9-11-24(15,18)4/h7,13,17-19,21H,8-12,14H2,1-6H3. The maximum absolute atomic E-state index is 13.1. The average Bonchev–Trinajstić information content (AvgIpc) is 2.90. The molecule has 4 nitrogen and oxygen atoms in total. The largest absolute Gasteiger partial charge is 0.501 e. The maximum atomic E-state index is 13.1. The van der Waals surface area contributed by atoms with Gasteiger partial charge in [0.05, 0.1) is 18.3 Å². The Balaban J connectivity index is 1.68. The van der Waals surface area contributed by atoms with E-state index in [1.807, 2.05) is 20.8 Å². The Labute approximate surface area is 175 Å². The molecule has 0 aromatic rings. The van der Waals surface area contributed by atoms with Gasteiger partial charge in [-0.15, -0.1) is 0 Å². The highest BCUT2D eigenvalue weighted by atomic mass is 16.5. The third kappa shape index (κ3) is 3.09. The maximum Gasteiger partial charge on any atom is 0.311 e. The van der Waals surface area contributed by atoms with Crippen molar-refractivity contribution in [3.8, 4) is 0 Å². The lowest BCUT2D eigenvalue weighted by Gasteiger charge is -2.56. The van der Waals surface area contributed by atoms with Crippen molar-refractivity contribution in [3.05, 3.63) is 23.5 Å². The van der Waals surface area contributed by atoms with E-state index in [4.69, 9.17) is 9.47 Å². The summed E-state index contributed by atoms with van der Waals surface area (Å²) < 4.78 is 11.6. The molecule has 0 radical (unpaired) electrons. The number of Topliss-reactive ketones (excluding diaryl/α,β-unsaturated/α-hetero) is 1. The van der Waals surface area contributed by atoms with Gasteiger partial charge in [0.15, 0.2) is 0 Å². The number of hydrogen-bond donors (Lipinski definition) is 0. The van der Waals surface area contributed by atoms with Gasteiger partial charge in [0.1, 0.15) is 11.9 Å². The van der Waals surface area contributed by atoms with Crippen molar-refractivity contribution in [2.24, 2.45) is 34.0 Å². The molecule has 0 spiro atoms. The Morgan fingerprint density at radius 2 is 1.90 bits per heavy atom. The number of esters is 1. The van der Waals surface area contributed by atoms with Gasteiger partial charge in [-0.1, -0.05) is 19.9 Å². The van der Waals surface area contributed by atoms with E-state index in [9.17, 15) is 9.59 Å². The molecule has 2 fully saturated rings. The molecular formula is C25H36O4. The molecule has 2 saturated carbocycles. The summed E-state index contributed by atoms with van der Waals surface area (Å²) in [5.74, 6) is 2.22. The highest BCUT2D eigenvalue weighted by Crippen LogP contribution is 2.64. The van der Waals surface area contributed by atoms with Gasteiger partial charge in [-0.25, -0.2) is 0 Å². The van der Waals surface area contributed by atoms with Crippen LogP contribution in [0.1, 0.15) is 73.1 Å². The zero-order valence-corrected chi connectivity index (χ0v) is 18.8. The molecule has 160 valence electrons. The van der Waals surface area contributed by atoms with Crippen LogP contribution < -0.4 is 0 Å². The van der Waals surface area contributed by atoms with Gasteiger partial charge in [-0.3, -0.25) is 9.59 Å². The van der Waals surface area contributed by atoms with Crippen molar-refractivity contribution >= 4 is 11.8 Å². The molecule has 6 unspecified atom stereocenters. The van der Waals surface area contributed by atoms with Crippen LogP contribution in [0.25, 0.3) is 0 Å². The predicted molar refractivity (Wildman–Crippen MR) is 112 cm³/mol. The molecule has 0 aliphatic heterocycles. The molecule has 4 rings (SSSR count). The topological polar surface area (TPSA) is 52.6 Å². The predicted octanol–water partition coefficient (Wildman–Crippen LogP) is 5.23. The van der Waals surface area contributed by atoms with Crippen molar-refractivity contribution in [2.75, 3.05) is 7.11 Å². The fourth-order valence-corrected chi connectivity index (χ4v) is 6.70. The first-order valence-electron chi connectivity index (χ1n) is 11.2. The van der Waals surface area contributed by atoms with Crippen LogP contribution in [0.2, 0.25) is 0 Å². The molecular weight excluding hydrogens is 364 g/mol. The summed E-state index contributed by atoms with van der Waals surface area (Å²) in [5, 5.41) is 0. The summed E-state index contributed by atoms with van der Waals surface area (Å²) in [6.07, 6.45) is 9.71. The molecule has 0 aromatic heterocycles. The van der Waals surface area contributed by atoms with Crippen LogP contribution in [0.5, 0.6) is 0 Å². The minimum Gasteiger partial charge on any atom is -0.501 e. The minimum absolute atomic E-state index is 0.122. The van der Waals surface area contributed by atoms with E-state index < -0.39 is 5.41 Å². The summed E-state index contributed by atoms with van der Waals surface area (Å²) in [4.78, 5) is 25.7. The van der Waals surface area contributed by atoms with Crippen molar-refractivity contribution in [3.63, 3.8) is 0 Å². The second kappa shape index (κ2) is 6.72. The normalized spacial score (nSPS) is 41.5. The van der Waals surface area contributed by atoms with Crippen LogP contribution in [-0.2, 0) is 19.1 Å². The third-order valence-electron chi connectivity index (χ3n) is 8.54. The van der Waals surface area contributed by atoms with E-state index >= 15 is 0 Å². The van der Waals surface area contributed by atoms with Crippen molar-refractivity contribution in [1.29, 1.82) is 0 Å². The molecule has 6 atom stereocenters. The smallest absolute Gasteiger partial charge is 0.311 e. The van der Waals surface area contributed by atoms with Crippen LogP contribution in [0, 0.1) is 34.0 Å². The molecule has 4 aliphatic carbocycles. The molecule has 4 heteroatoms. The Morgan fingerprint density at radius 1 is 1.17 bits per heavy atom. The number of allylic oxidation sites excluding steroid dienone is 4. The molecule has 0 bridgehead atoms. The molecule has 29 heavy (non-hydrogen) atoms. The van der Waals surface area contributed by atoms with Crippen LogP contribution in [0.3, 0.4) is 0 Å². The van der Waals surface area contributed by atoms with Gasteiger partial charge >= 0.3 is 5.97 Å². The first kappa shape index (κ1) is 20.7. The van der Waals surface area contributed by atoms with Crippen LogP contribution in [0.15, 0.2) is 23.5 Å². The van der Waals surface area contributed by atoms with E-state index in [0.29, 0.717) is 18.3 Å². The number of ketones is 1. The summed E-state index contributed by atoms with van der Waals surface area (Å²) in [7, 11) is 1.75. The number of carbonyl (C=O) groups excluding carboxylic acids is 2. The molecule has 0 heterocycles. The molecule has 4 aliphatic rings. The fraction of sp³-hybridized carbons (Fsp3) is 0.760. The van der Waals surface area contributed by atoms with Crippen molar-refractivity contribution < 1.29 is 19.1 Å². The number of hydrogen-bond acceptors (Lipinski definition) is 4. The average molecular weight is 401 g/mol. The van der Waals surface area contributed by atoms with Crippen LogP contribution >= 0.6 is 0 Å². The lowest BCUT2D eigenvalue weighted by atomic mass is 9.48. The van der Waals surface area contributed by atoms with Crippen LogP contribution in [0.4, 0.5) is 0 Å². The second-order valence-electron chi connectivity index (χ2n) is 11.2. The number of rotatable bonds is 2. The fourth-order valence-electron chi connectivity index (χ4n) is 6.70. The lowest BCUT2D eigenvalue weighted by Crippen LogP contribution is -2.52. The van der Waals surface area contributed by atoms with E-state index in [0.717, 1.165) is 37.9 Å². The first-order valence-corrected chi connectivity index (χ1v) is 11.2. The van der Waals surface area contributed by atoms with E-state index in [2.05, 4.69) is 26.0 Å². The quantitative estimate of drug-likeness (QED) is 0.596. The number of methoxy groups -OCH3 is 1. The molecule has 0 N–H and O–H groups in total. The van der Waals surface area contributed by atoms with E-state index in [1.54, 1.807) is 7.11 Å².